The van der Waals surface area contributed by atoms with Gasteiger partial charge in [0.2, 0.25) is 0 Å². The number of anilines is 1. The summed E-state index contributed by atoms with van der Waals surface area (Å²) in [4.78, 5) is 31.9. The Morgan fingerprint density at radius 1 is 1.05 bits per heavy atom. The molecule has 0 aliphatic carbocycles. The number of nitrogens with zero attached hydrogens (tertiary/aromatic N) is 8. The van der Waals surface area contributed by atoms with Crippen molar-refractivity contribution in [3.05, 3.63) is 111 Å². The lowest BCUT2D eigenvalue weighted by Crippen LogP contribution is -2.26. The predicted molar refractivity (Wildman–Crippen MR) is 150 cm³/mol. The molecule has 0 fully saturated rings. The number of aromatic nitrogens is 7. The number of pyridine rings is 1. The fourth-order valence-corrected chi connectivity index (χ4v) is 4.38. The lowest BCUT2D eigenvalue weighted by Gasteiger charge is -2.15. The lowest BCUT2D eigenvalue weighted by molar-refractivity contribution is -0.145. The van der Waals surface area contributed by atoms with Gasteiger partial charge in [0, 0.05) is 12.7 Å². The SMILES string of the molecule is Cc1cc(C#N)cc(C(=O)NCc2ccccc2)c1NC(=O)c1cc(Cn2nnc(C(F)(F)F)n2)nn1-c1ncccc1Cl. The van der Waals surface area contributed by atoms with E-state index in [4.69, 9.17) is 11.6 Å². The minimum absolute atomic E-state index is 0.0412. The molecule has 2 amide bonds. The third-order valence-electron chi connectivity index (χ3n) is 6.19. The Hall–Kier alpha value is -5.62. The maximum atomic E-state index is 13.7. The monoisotopic (exact) mass is 620 g/mol. The predicted octanol–water partition coefficient (Wildman–Crippen LogP) is 4.34. The molecule has 2 N–H and O–H groups in total. The molecular formula is C28H20ClF3N10O2. The summed E-state index contributed by atoms with van der Waals surface area (Å²) in [5.74, 6) is -2.66. The van der Waals surface area contributed by atoms with Crippen LogP contribution in [0.4, 0.5) is 18.9 Å². The van der Waals surface area contributed by atoms with E-state index in [1.807, 2.05) is 36.4 Å². The smallest absolute Gasteiger partial charge is 0.348 e. The normalized spacial score (nSPS) is 11.2. The van der Waals surface area contributed by atoms with E-state index in [2.05, 4.69) is 36.1 Å². The Morgan fingerprint density at radius 2 is 1.82 bits per heavy atom. The molecule has 0 aliphatic rings. The zero-order valence-electron chi connectivity index (χ0n) is 22.7. The summed E-state index contributed by atoms with van der Waals surface area (Å²) in [6.45, 7) is 1.45. The Balaban J connectivity index is 1.49. The largest absolute Gasteiger partial charge is 0.455 e. The number of nitriles is 1. The summed E-state index contributed by atoms with van der Waals surface area (Å²) in [7, 11) is 0. The topological polar surface area (TPSA) is 156 Å². The van der Waals surface area contributed by atoms with Crippen molar-refractivity contribution < 1.29 is 22.8 Å². The summed E-state index contributed by atoms with van der Waals surface area (Å²) in [6, 6.07) is 18.4. The van der Waals surface area contributed by atoms with Gasteiger partial charge in [0.25, 0.3) is 17.6 Å². The standard InChI is InChI=1S/C28H20ClF3N10O2/c1-16-10-18(13-33)11-20(25(43)35-14-17-6-3-2-4-7-17)23(16)36-26(44)22-12-19(15-41-39-27(37-40-41)28(30,31)32)38-42(22)24-21(29)8-5-9-34-24/h2-12H,14-15H2,1H3,(H,35,43)(H,36,44). The fourth-order valence-electron chi connectivity index (χ4n) is 4.18. The molecule has 222 valence electrons. The van der Waals surface area contributed by atoms with E-state index < -0.39 is 23.8 Å². The van der Waals surface area contributed by atoms with Crippen molar-refractivity contribution >= 4 is 29.1 Å². The summed E-state index contributed by atoms with van der Waals surface area (Å²) in [5, 5.41) is 29.2. The van der Waals surface area contributed by atoms with Crippen LogP contribution in [0.5, 0.6) is 0 Å². The van der Waals surface area contributed by atoms with Crippen LogP contribution in [-0.2, 0) is 19.3 Å². The van der Waals surface area contributed by atoms with Crippen LogP contribution in [0.15, 0.2) is 66.9 Å². The Labute approximate surface area is 252 Å². The van der Waals surface area contributed by atoms with Crippen molar-refractivity contribution in [3.8, 4) is 11.9 Å². The third kappa shape index (κ3) is 6.55. The maximum absolute atomic E-state index is 13.7. The molecule has 0 unspecified atom stereocenters. The summed E-state index contributed by atoms with van der Waals surface area (Å²) in [5.41, 5.74) is 1.62. The second-order valence-corrected chi connectivity index (χ2v) is 9.74. The summed E-state index contributed by atoms with van der Waals surface area (Å²) < 4.78 is 40.0. The average molecular weight is 621 g/mol. The molecule has 12 nitrogen and oxygen atoms in total. The summed E-state index contributed by atoms with van der Waals surface area (Å²) >= 11 is 6.33. The van der Waals surface area contributed by atoms with Gasteiger partial charge in [0.1, 0.15) is 12.2 Å². The molecule has 0 saturated carbocycles. The van der Waals surface area contributed by atoms with Crippen molar-refractivity contribution in [2.45, 2.75) is 26.2 Å². The van der Waals surface area contributed by atoms with E-state index in [1.165, 1.54) is 30.5 Å². The summed E-state index contributed by atoms with van der Waals surface area (Å²) in [6.07, 6.45) is -3.38. The number of aryl methyl sites for hydroxylation is 1. The fraction of sp³-hybridized carbons (Fsp3) is 0.143. The van der Waals surface area contributed by atoms with E-state index in [0.717, 1.165) is 10.2 Å². The Kier molecular flexibility index (Phi) is 8.36. The first-order valence-corrected chi connectivity index (χ1v) is 13.1. The number of alkyl halides is 3. The van der Waals surface area contributed by atoms with E-state index in [-0.39, 0.29) is 52.1 Å². The highest BCUT2D eigenvalue weighted by Gasteiger charge is 2.37. The van der Waals surface area contributed by atoms with Gasteiger partial charge in [-0.15, -0.1) is 10.2 Å². The molecule has 5 rings (SSSR count). The number of nitrogens with one attached hydrogen (secondary N) is 2. The minimum atomic E-state index is -4.80. The van der Waals surface area contributed by atoms with Gasteiger partial charge in [0.05, 0.1) is 33.6 Å². The molecule has 0 aliphatic heterocycles. The molecule has 0 saturated heterocycles. The van der Waals surface area contributed by atoms with Crippen molar-refractivity contribution in [2.24, 2.45) is 0 Å². The zero-order chi connectivity index (χ0) is 31.4. The van der Waals surface area contributed by atoms with Gasteiger partial charge >= 0.3 is 6.18 Å². The van der Waals surface area contributed by atoms with Crippen molar-refractivity contribution in [1.29, 1.82) is 5.26 Å². The van der Waals surface area contributed by atoms with Crippen LogP contribution in [0.2, 0.25) is 5.02 Å². The number of hydrogen-bond acceptors (Lipinski definition) is 8. The van der Waals surface area contributed by atoms with Crippen LogP contribution >= 0.6 is 11.6 Å². The first-order valence-electron chi connectivity index (χ1n) is 12.8. The van der Waals surface area contributed by atoms with Gasteiger partial charge in [0.15, 0.2) is 5.82 Å². The lowest BCUT2D eigenvalue weighted by atomic mass is 10.0. The van der Waals surface area contributed by atoms with Crippen molar-refractivity contribution in [2.75, 3.05) is 5.32 Å². The highest BCUT2D eigenvalue weighted by Crippen LogP contribution is 2.27. The molecule has 0 spiro atoms. The molecule has 0 atom stereocenters. The average Bonchev–Trinajstić information content (AvgIpc) is 3.65. The van der Waals surface area contributed by atoms with E-state index in [0.29, 0.717) is 10.4 Å². The van der Waals surface area contributed by atoms with Crippen LogP contribution in [0.1, 0.15) is 49.1 Å². The van der Waals surface area contributed by atoms with Crippen molar-refractivity contribution in [1.82, 2.24) is 40.3 Å². The zero-order valence-corrected chi connectivity index (χ0v) is 23.4. The number of tetrazole rings is 1. The molecule has 2 aromatic carbocycles. The number of benzene rings is 2. The number of halogens is 4. The van der Waals surface area contributed by atoms with Gasteiger partial charge in [-0.2, -0.15) is 28.3 Å². The number of rotatable bonds is 8. The molecule has 5 aromatic rings. The number of hydrogen-bond donors (Lipinski definition) is 2. The minimum Gasteiger partial charge on any atom is -0.348 e. The van der Waals surface area contributed by atoms with Gasteiger partial charge < -0.3 is 10.6 Å². The van der Waals surface area contributed by atoms with E-state index in [9.17, 15) is 28.0 Å². The van der Waals surface area contributed by atoms with Crippen LogP contribution in [-0.4, -0.2) is 46.8 Å². The van der Waals surface area contributed by atoms with Gasteiger partial charge in [-0.3, -0.25) is 9.59 Å². The molecule has 0 bridgehead atoms. The van der Waals surface area contributed by atoms with Crippen LogP contribution in [0.25, 0.3) is 5.82 Å². The van der Waals surface area contributed by atoms with Crippen molar-refractivity contribution in [3.63, 3.8) is 0 Å². The molecular weight excluding hydrogens is 601 g/mol. The van der Waals surface area contributed by atoms with Gasteiger partial charge in [-0.25, -0.2) is 9.67 Å². The van der Waals surface area contributed by atoms with E-state index in [1.54, 1.807) is 13.0 Å². The molecule has 0 radical (unpaired) electrons. The highest BCUT2D eigenvalue weighted by atomic mass is 35.5. The molecule has 44 heavy (non-hydrogen) atoms. The quantitative estimate of drug-likeness (QED) is 0.259. The molecule has 3 heterocycles. The number of carbonyl (C=O) groups excluding carboxylic acids is 2. The first-order chi connectivity index (χ1) is 21.0. The third-order valence-corrected chi connectivity index (χ3v) is 6.48. The second kappa shape index (κ2) is 12.3. The van der Waals surface area contributed by atoms with Crippen LogP contribution < -0.4 is 10.6 Å². The van der Waals surface area contributed by atoms with E-state index >= 15 is 0 Å². The number of carbonyl (C=O) groups is 2. The first kappa shape index (κ1) is 29.9. The second-order valence-electron chi connectivity index (χ2n) is 9.33. The van der Waals surface area contributed by atoms with Gasteiger partial charge in [-0.05, 0) is 53.6 Å². The maximum Gasteiger partial charge on any atom is 0.455 e. The Morgan fingerprint density at radius 3 is 2.50 bits per heavy atom. The van der Waals surface area contributed by atoms with Crippen LogP contribution in [0, 0.1) is 18.3 Å². The van der Waals surface area contributed by atoms with Crippen LogP contribution in [0.3, 0.4) is 0 Å². The molecule has 16 heteroatoms. The molecule has 3 aromatic heterocycles. The Bertz CT molecular complexity index is 1900. The van der Waals surface area contributed by atoms with Gasteiger partial charge in [-0.1, -0.05) is 41.9 Å². The highest BCUT2D eigenvalue weighted by molar-refractivity contribution is 6.32. The number of amides is 2.